The summed E-state index contributed by atoms with van der Waals surface area (Å²) in [6.07, 6.45) is 21.7. The molecule has 1 aromatic heterocycles. The Morgan fingerprint density at radius 2 is 1.61 bits per heavy atom. The molecule has 4 heteroatoms. The quantitative estimate of drug-likeness (QED) is 0.214. The zero-order valence-corrected chi connectivity index (χ0v) is 20.3. The minimum atomic E-state index is -0.380. The molecule has 4 nitrogen and oxygen atoms in total. The summed E-state index contributed by atoms with van der Waals surface area (Å²) in [4.78, 5) is 20.8. The Bertz CT molecular complexity index is 922. The van der Waals surface area contributed by atoms with Crippen LogP contribution in [0.1, 0.15) is 96.5 Å². The standard InChI is InChI=1S/C29H38N2O2/c1-3-5-6-7-8-9-26(32)33-25-21-30-27(31-22-25)23-10-12-24(13-11-23)29-18-15-28(14-4-2,16-19-29)17-20-29/h8-13,21-22H,3-7,14-20H2,1-2H3. The molecule has 5 rings (SSSR count). The first-order valence-electron chi connectivity index (χ1n) is 12.9. The lowest BCUT2D eigenvalue weighted by Crippen LogP contribution is -2.44. The van der Waals surface area contributed by atoms with Gasteiger partial charge in [-0.3, -0.25) is 0 Å². The summed E-state index contributed by atoms with van der Waals surface area (Å²) in [6, 6.07) is 8.86. The van der Waals surface area contributed by atoms with Gasteiger partial charge in [0.05, 0.1) is 12.4 Å². The number of carbonyl (C=O) groups is 1. The molecule has 3 aliphatic rings. The summed E-state index contributed by atoms with van der Waals surface area (Å²) in [6.45, 7) is 4.49. The van der Waals surface area contributed by atoms with Crippen molar-refractivity contribution in [1.82, 2.24) is 9.97 Å². The second kappa shape index (κ2) is 10.6. The van der Waals surface area contributed by atoms with Crippen LogP contribution in [0.3, 0.4) is 0 Å². The highest BCUT2D eigenvalue weighted by molar-refractivity contribution is 5.83. The number of esters is 1. The molecule has 1 aromatic carbocycles. The Morgan fingerprint density at radius 1 is 0.939 bits per heavy atom. The van der Waals surface area contributed by atoms with Gasteiger partial charge in [0, 0.05) is 11.6 Å². The van der Waals surface area contributed by atoms with Crippen molar-refractivity contribution >= 4 is 5.97 Å². The lowest BCUT2D eigenvalue weighted by Gasteiger charge is -2.54. The monoisotopic (exact) mass is 446 g/mol. The van der Waals surface area contributed by atoms with Crippen LogP contribution >= 0.6 is 0 Å². The first kappa shape index (κ1) is 23.7. The number of benzene rings is 1. The predicted molar refractivity (Wildman–Crippen MR) is 133 cm³/mol. The van der Waals surface area contributed by atoms with E-state index in [1.165, 1.54) is 75.8 Å². The van der Waals surface area contributed by atoms with E-state index in [0.717, 1.165) is 18.4 Å². The van der Waals surface area contributed by atoms with Crippen molar-refractivity contribution in [2.24, 2.45) is 5.41 Å². The molecule has 0 amide bonds. The van der Waals surface area contributed by atoms with E-state index in [0.29, 0.717) is 22.4 Å². The highest BCUT2D eigenvalue weighted by Gasteiger charge is 2.48. The van der Waals surface area contributed by atoms with Gasteiger partial charge in [0.1, 0.15) is 0 Å². The molecular formula is C29H38N2O2. The number of rotatable bonds is 10. The first-order chi connectivity index (χ1) is 16.1. The van der Waals surface area contributed by atoms with Crippen LogP contribution in [0, 0.1) is 5.41 Å². The highest BCUT2D eigenvalue weighted by atomic mass is 16.5. The summed E-state index contributed by atoms with van der Waals surface area (Å²) in [5.41, 5.74) is 3.49. The maximum Gasteiger partial charge on any atom is 0.335 e. The zero-order valence-electron chi connectivity index (χ0n) is 20.3. The van der Waals surface area contributed by atoms with E-state index in [-0.39, 0.29) is 5.97 Å². The van der Waals surface area contributed by atoms with E-state index in [1.54, 1.807) is 12.4 Å². The van der Waals surface area contributed by atoms with Gasteiger partial charge in [-0.2, -0.15) is 0 Å². The van der Waals surface area contributed by atoms with Crippen molar-refractivity contribution in [2.75, 3.05) is 0 Å². The summed E-state index contributed by atoms with van der Waals surface area (Å²) in [5.74, 6) is 0.648. The molecule has 1 heterocycles. The SMILES string of the molecule is CCCCCC=CC(=O)Oc1cnc(-c2ccc(C34CCC(CCC)(CC3)CC4)cc2)nc1. The van der Waals surface area contributed by atoms with Crippen LogP contribution in [-0.4, -0.2) is 15.9 Å². The smallest absolute Gasteiger partial charge is 0.335 e. The summed E-state index contributed by atoms with van der Waals surface area (Å²) >= 11 is 0. The van der Waals surface area contributed by atoms with Crippen molar-refractivity contribution in [3.8, 4) is 17.1 Å². The van der Waals surface area contributed by atoms with Crippen molar-refractivity contribution in [3.63, 3.8) is 0 Å². The lowest BCUT2D eigenvalue weighted by atomic mass is 9.51. The van der Waals surface area contributed by atoms with Crippen LogP contribution in [0.25, 0.3) is 11.4 Å². The third-order valence-electron chi connectivity index (χ3n) is 8.01. The fourth-order valence-electron chi connectivity index (χ4n) is 5.93. The van der Waals surface area contributed by atoms with Crippen LogP contribution in [0.2, 0.25) is 0 Å². The van der Waals surface area contributed by atoms with Gasteiger partial charge in [-0.05, 0) is 74.2 Å². The Balaban J connectivity index is 1.34. The molecule has 0 saturated heterocycles. The van der Waals surface area contributed by atoms with Gasteiger partial charge in [-0.25, -0.2) is 14.8 Å². The number of ether oxygens (including phenoxy) is 1. The molecule has 2 bridgehead atoms. The van der Waals surface area contributed by atoms with Crippen LogP contribution in [0.4, 0.5) is 0 Å². The molecule has 0 aliphatic heterocycles. The second-order valence-corrected chi connectivity index (χ2v) is 10.2. The number of fused-ring (bicyclic) bond motifs is 3. The Labute approximate surface area is 198 Å². The van der Waals surface area contributed by atoms with Crippen molar-refractivity contribution in [3.05, 3.63) is 54.4 Å². The summed E-state index contributed by atoms with van der Waals surface area (Å²) in [7, 11) is 0. The number of aromatic nitrogens is 2. The topological polar surface area (TPSA) is 52.1 Å². The lowest BCUT2D eigenvalue weighted by molar-refractivity contribution is -0.129. The van der Waals surface area contributed by atoms with Gasteiger partial charge < -0.3 is 4.74 Å². The molecule has 3 aliphatic carbocycles. The fraction of sp³-hybridized carbons (Fsp3) is 0.552. The molecule has 0 unspecified atom stereocenters. The van der Waals surface area contributed by atoms with Gasteiger partial charge in [0.15, 0.2) is 11.6 Å². The molecule has 176 valence electrons. The first-order valence-corrected chi connectivity index (χ1v) is 12.9. The Kier molecular flexibility index (Phi) is 7.62. The van der Waals surface area contributed by atoms with Crippen molar-refractivity contribution in [2.45, 2.75) is 96.3 Å². The maximum atomic E-state index is 11.9. The molecule has 2 aromatic rings. The molecule has 3 saturated carbocycles. The van der Waals surface area contributed by atoms with Gasteiger partial charge >= 0.3 is 5.97 Å². The average Bonchev–Trinajstić information content (AvgIpc) is 2.86. The molecule has 3 fully saturated rings. The van der Waals surface area contributed by atoms with Gasteiger partial charge in [0.2, 0.25) is 0 Å². The fourth-order valence-corrected chi connectivity index (χ4v) is 5.93. The largest absolute Gasteiger partial charge is 0.420 e. The van der Waals surface area contributed by atoms with Gasteiger partial charge in [-0.15, -0.1) is 0 Å². The Morgan fingerprint density at radius 3 is 2.21 bits per heavy atom. The number of hydrogen-bond acceptors (Lipinski definition) is 4. The number of allylic oxidation sites excluding steroid dienone is 1. The van der Waals surface area contributed by atoms with Gasteiger partial charge in [-0.1, -0.05) is 63.5 Å². The molecule has 0 N–H and O–H groups in total. The van der Waals surface area contributed by atoms with E-state index < -0.39 is 0 Å². The van der Waals surface area contributed by atoms with Crippen LogP contribution in [-0.2, 0) is 10.2 Å². The maximum absolute atomic E-state index is 11.9. The number of carbonyl (C=O) groups excluding carboxylic acids is 1. The average molecular weight is 447 g/mol. The number of nitrogens with zero attached hydrogens (tertiary/aromatic N) is 2. The summed E-state index contributed by atoms with van der Waals surface area (Å²) < 4.78 is 5.32. The number of hydrogen-bond donors (Lipinski definition) is 0. The molecule has 33 heavy (non-hydrogen) atoms. The third-order valence-corrected chi connectivity index (χ3v) is 8.01. The van der Waals surface area contributed by atoms with E-state index in [4.69, 9.17) is 4.74 Å². The minimum absolute atomic E-state index is 0.372. The van der Waals surface area contributed by atoms with E-state index in [2.05, 4.69) is 48.1 Å². The van der Waals surface area contributed by atoms with E-state index in [1.807, 2.05) is 6.08 Å². The summed E-state index contributed by atoms with van der Waals surface area (Å²) in [5, 5.41) is 0. The third kappa shape index (κ3) is 5.54. The van der Waals surface area contributed by atoms with Crippen molar-refractivity contribution < 1.29 is 9.53 Å². The van der Waals surface area contributed by atoms with Gasteiger partial charge in [0.25, 0.3) is 0 Å². The van der Waals surface area contributed by atoms with Crippen LogP contribution < -0.4 is 4.74 Å². The van der Waals surface area contributed by atoms with E-state index >= 15 is 0 Å². The number of unbranched alkanes of at least 4 members (excludes halogenated alkanes) is 3. The normalized spacial score (nSPS) is 24.3. The van der Waals surface area contributed by atoms with Crippen molar-refractivity contribution in [1.29, 1.82) is 0 Å². The Hall–Kier alpha value is -2.49. The zero-order chi connectivity index (χ0) is 23.2. The predicted octanol–water partition coefficient (Wildman–Crippen LogP) is 7.58. The molecule has 0 atom stereocenters. The second-order valence-electron chi connectivity index (χ2n) is 10.2. The molecular weight excluding hydrogens is 408 g/mol. The van der Waals surface area contributed by atoms with Crippen LogP contribution in [0.5, 0.6) is 5.75 Å². The van der Waals surface area contributed by atoms with E-state index in [9.17, 15) is 4.79 Å². The van der Waals surface area contributed by atoms with Crippen LogP contribution in [0.15, 0.2) is 48.8 Å². The molecule has 0 spiro atoms. The highest BCUT2D eigenvalue weighted by Crippen LogP contribution is 2.59. The minimum Gasteiger partial charge on any atom is -0.420 e. The molecule has 0 radical (unpaired) electrons.